The Kier molecular flexibility index (Phi) is 3.70. The van der Waals surface area contributed by atoms with Crippen LogP contribution in [0, 0.1) is 13.8 Å². The molecule has 1 aromatic carbocycles. The topological polar surface area (TPSA) is 109 Å². The van der Waals surface area contributed by atoms with Crippen molar-refractivity contribution in [3.05, 3.63) is 76.5 Å². The number of aryl methyl sites for hydroxylation is 2. The van der Waals surface area contributed by atoms with Crippen LogP contribution in [0.15, 0.2) is 53.8 Å². The van der Waals surface area contributed by atoms with Crippen molar-refractivity contribution in [1.29, 1.82) is 0 Å². The van der Waals surface area contributed by atoms with E-state index in [9.17, 15) is 4.79 Å². The number of hydrogen-bond donors (Lipinski definition) is 1. The van der Waals surface area contributed by atoms with Gasteiger partial charge in [-0.2, -0.15) is 9.77 Å². The fraction of sp³-hybridized carbons (Fsp3) is 0.150. The molecule has 9 nitrogen and oxygen atoms in total. The number of rotatable bonds is 3. The van der Waals surface area contributed by atoms with Crippen LogP contribution in [-0.4, -0.2) is 34.1 Å². The quantitative estimate of drug-likeness (QED) is 0.507. The average molecular weight is 386 g/mol. The third kappa shape index (κ3) is 2.59. The molecule has 0 aliphatic heterocycles. The molecular formula is C20H18N8O. The van der Waals surface area contributed by atoms with Crippen molar-refractivity contribution in [2.45, 2.75) is 20.4 Å². The van der Waals surface area contributed by atoms with Crippen LogP contribution in [0.2, 0.25) is 0 Å². The van der Waals surface area contributed by atoms with Gasteiger partial charge in [-0.15, -0.1) is 0 Å². The van der Waals surface area contributed by atoms with E-state index in [-0.39, 0.29) is 12.1 Å². The second-order valence-electron chi connectivity index (χ2n) is 6.88. The van der Waals surface area contributed by atoms with Gasteiger partial charge in [-0.1, -0.05) is 12.1 Å². The van der Waals surface area contributed by atoms with Gasteiger partial charge in [0.2, 0.25) is 0 Å². The third-order valence-corrected chi connectivity index (χ3v) is 5.00. The molecule has 0 aliphatic rings. The van der Waals surface area contributed by atoms with Crippen LogP contribution in [0.3, 0.4) is 0 Å². The summed E-state index contributed by atoms with van der Waals surface area (Å²) in [5, 5.41) is 5.87. The minimum absolute atomic E-state index is 0.137. The van der Waals surface area contributed by atoms with Gasteiger partial charge in [0.1, 0.15) is 18.7 Å². The van der Waals surface area contributed by atoms with E-state index in [4.69, 9.17) is 10.7 Å². The van der Waals surface area contributed by atoms with E-state index in [1.54, 1.807) is 14.0 Å². The Morgan fingerprint density at radius 1 is 1.03 bits per heavy atom. The molecule has 0 atom stereocenters. The summed E-state index contributed by atoms with van der Waals surface area (Å²) >= 11 is 0. The van der Waals surface area contributed by atoms with Crippen LogP contribution in [0.1, 0.15) is 17.1 Å². The zero-order valence-electron chi connectivity index (χ0n) is 15.9. The molecule has 0 fully saturated rings. The molecule has 144 valence electrons. The van der Waals surface area contributed by atoms with Gasteiger partial charge in [0.05, 0.1) is 22.0 Å². The minimum atomic E-state index is -0.137. The van der Waals surface area contributed by atoms with Crippen molar-refractivity contribution in [1.82, 2.24) is 34.1 Å². The smallest absolute Gasteiger partial charge is 0.281 e. The molecule has 9 heteroatoms. The van der Waals surface area contributed by atoms with Crippen molar-refractivity contribution in [2.24, 2.45) is 0 Å². The highest BCUT2D eigenvalue weighted by atomic mass is 16.1. The summed E-state index contributed by atoms with van der Waals surface area (Å²) in [6.45, 7) is 4.02. The number of benzene rings is 1. The second kappa shape index (κ2) is 6.26. The first kappa shape index (κ1) is 17.1. The highest BCUT2D eigenvalue weighted by Crippen LogP contribution is 2.21. The lowest BCUT2D eigenvalue weighted by Crippen LogP contribution is -2.31. The first-order valence-corrected chi connectivity index (χ1v) is 9.13. The Morgan fingerprint density at radius 2 is 1.83 bits per heavy atom. The van der Waals surface area contributed by atoms with E-state index in [0.29, 0.717) is 33.6 Å². The zero-order valence-corrected chi connectivity index (χ0v) is 15.9. The molecule has 0 aliphatic carbocycles. The normalized spacial score (nSPS) is 11.5. The number of nitrogen functional groups attached to an aromatic ring is 1. The number of nitrogens with two attached hydrogens (primary N) is 1. The van der Waals surface area contributed by atoms with E-state index in [1.165, 1.54) is 6.33 Å². The molecule has 0 amide bonds. The molecule has 4 aromatic heterocycles. The number of anilines is 1. The summed E-state index contributed by atoms with van der Waals surface area (Å²) in [5.41, 5.74) is 8.73. The maximum Gasteiger partial charge on any atom is 0.281 e. The molecule has 2 N–H and O–H groups in total. The van der Waals surface area contributed by atoms with Crippen LogP contribution in [0.4, 0.5) is 5.82 Å². The van der Waals surface area contributed by atoms with Crippen molar-refractivity contribution < 1.29 is 0 Å². The molecule has 0 unspecified atom stereocenters. The van der Waals surface area contributed by atoms with Crippen LogP contribution in [-0.2, 0) is 6.54 Å². The van der Waals surface area contributed by atoms with Crippen LogP contribution < -0.4 is 11.3 Å². The lowest BCUT2D eigenvalue weighted by molar-refractivity contribution is 0.546. The van der Waals surface area contributed by atoms with Gasteiger partial charge in [-0.05, 0) is 37.6 Å². The SMILES string of the molecule is Cc1nn(Cc2nc3cccc(C)c3c(=O)n2-n2cccc2)c2ncnc(N)c12. The number of nitrogens with zero attached hydrogens (tertiary/aromatic N) is 7. The van der Waals surface area contributed by atoms with Gasteiger partial charge in [0, 0.05) is 12.4 Å². The Morgan fingerprint density at radius 3 is 2.62 bits per heavy atom. The summed E-state index contributed by atoms with van der Waals surface area (Å²) in [6.07, 6.45) is 5.03. The molecule has 4 heterocycles. The molecule has 0 saturated heterocycles. The third-order valence-electron chi connectivity index (χ3n) is 5.00. The van der Waals surface area contributed by atoms with Gasteiger partial charge >= 0.3 is 0 Å². The minimum Gasteiger partial charge on any atom is -0.383 e. The fourth-order valence-corrected chi connectivity index (χ4v) is 3.69. The number of fused-ring (bicyclic) bond motifs is 2. The standard InChI is InChI=1S/C20H18N8O/c1-12-6-5-7-14-16(12)20(29)28(26-8-3-4-9-26)15(24-14)10-27-19-17(13(2)25-27)18(21)22-11-23-19/h3-9,11H,10H2,1-2H3,(H2,21,22,23). The van der Waals surface area contributed by atoms with Crippen molar-refractivity contribution >= 4 is 27.8 Å². The maximum absolute atomic E-state index is 13.4. The van der Waals surface area contributed by atoms with Gasteiger partial charge < -0.3 is 5.73 Å². The Balaban J connectivity index is 1.79. The largest absolute Gasteiger partial charge is 0.383 e. The molecule has 0 saturated carbocycles. The van der Waals surface area contributed by atoms with E-state index in [0.717, 1.165) is 11.3 Å². The molecule has 5 aromatic rings. The predicted octanol–water partition coefficient (Wildman–Crippen LogP) is 1.90. The molecule has 0 radical (unpaired) electrons. The van der Waals surface area contributed by atoms with Gasteiger partial charge in [0.25, 0.3) is 5.56 Å². The number of aromatic nitrogens is 7. The van der Waals surface area contributed by atoms with Crippen LogP contribution >= 0.6 is 0 Å². The first-order valence-electron chi connectivity index (χ1n) is 9.13. The summed E-state index contributed by atoms with van der Waals surface area (Å²) in [4.78, 5) is 26.6. The van der Waals surface area contributed by atoms with Crippen LogP contribution in [0.5, 0.6) is 0 Å². The molecule has 0 spiro atoms. The van der Waals surface area contributed by atoms with Crippen molar-refractivity contribution in [2.75, 3.05) is 5.73 Å². The molecular weight excluding hydrogens is 368 g/mol. The first-order chi connectivity index (χ1) is 14.0. The summed E-state index contributed by atoms with van der Waals surface area (Å²) in [6, 6.07) is 9.38. The lowest BCUT2D eigenvalue weighted by atomic mass is 10.1. The van der Waals surface area contributed by atoms with Gasteiger partial charge in [-0.3, -0.25) is 9.47 Å². The van der Waals surface area contributed by atoms with E-state index in [2.05, 4.69) is 15.1 Å². The Labute approximate surface area is 165 Å². The summed E-state index contributed by atoms with van der Waals surface area (Å²) in [5.74, 6) is 0.912. The number of hydrogen-bond acceptors (Lipinski definition) is 6. The van der Waals surface area contributed by atoms with Gasteiger partial charge in [-0.25, -0.2) is 19.6 Å². The van der Waals surface area contributed by atoms with Gasteiger partial charge in [0.15, 0.2) is 11.5 Å². The summed E-state index contributed by atoms with van der Waals surface area (Å²) < 4.78 is 4.98. The highest BCUT2D eigenvalue weighted by molar-refractivity contribution is 5.88. The highest BCUT2D eigenvalue weighted by Gasteiger charge is 2.18. The van der Waals surface area contributed by atoms with Crippen molar-refractivity contribution in [3.63, 3.8) is 0 Å². The fourth-order valence-electron chi connectivity index (χ4n) is 3.69. The van der Waals surface area contributed by atoms with E-state index in [1.807, 2.05) is 56.6 Å². The van der Waals surface area contributed by atoms with Crippen LogP contribution in [0.25, 0.3) is 21.9 Å². The molecule has 29 heavy (non-hydrogen) atoms. The molecule has 5 rings (SSSR count). The Hall–Kier alpha value is -4.01. The predicted molar refractivity (Wildman–Crippen MR) is 110 cm³/mol. The van der Waals surface area contributed by atoms with E-state index < -0.39 is 0 Å². The van der Waals surface area contributed by atoms with Crippen molar-refractivity contribution in [3.8, 4) is 0 Å². The molecule has 0 bridgehead atoms. The Bertz CT molecular complexity index is 1430. The monoisotopic (exact) mass is 386 g/mol. The second-order valence-corrected chi connectivity index (χ2v) is 6.88. The zero-order chi connectivity index (χ0) is 20.1. The maximum atomic E-state index is 13.4. The lowest BCUT2D eigenvalue weighted by Gasteiger charge is -2.15. The average Bonchev–Trinajstić information content (AvgIpc) is 3.31. The van der Waals surface area contributed by atoms with E-state index >= 15 is 0 Å². The summed E-state index contributed by atoms with van der Waals surface area (Å²) in [7, 11) is 0.